The predicted molar refractivity (Wildman–Crippen MR) is 245 cm³/mol. The Kier molecular flexibility index (Phi) is 24.1. The molecule has 338 valence electrons. The van der Waals surface area contributed by atoms with Crippen LogP contribution in [0.2, 0.25) is 25.7 Å². The summed E-state index contributed by atoms with van der Waals surface area (Å²) in [6, 6.07) is 7.97. The molecule has 0 heterocycles. The monoisotopic (exact) mass is 925 g/mol. The second-order valence-electron chi connectivity index (χ2n) is 17.1. The summed E-state index contributed by atoms with van der Waals surface area (Å²) in [4.78, 5) is 41.6. The van der Waals surface area contributed by atoms with Crippen LogP contribution in [0.15, 0.2) is 43.0 Å². The molecule has 0 spiro atoms. The van der Waals surface area contributed by atoms with Crippen LogP contribution in [0.4, 0.5) is 9.59 Å². The lowest BCUT2D eigenvalue weighted by molar-refractivity contribution is -0.116. The van der Waals surface area contributed by atoms with Crippen LogP contribution in [0.5, 0.6) is 5.75 Å². The molecule has 59 heavy (non-hydrogen) atoms. The van der Waals surface area contributed by atoms with Crippen molar-refractivity contribution in [2.24, 2.45) is 0 Å². The minimum Gasteiger partial charge on any atom is -0.497 e. The number of amides is 3. The molecular weight excluding hydrogens is 857 g/mol. The quantitative estimate of drug-likeness (QED) is 0.0292. The molecule has 1 aromatic carbocycles. The topological polar surface area (TPSA) is 147 Å². The fourth-order valence-corrected chi connectivity index (χ4v) is 10.0. The maximum absolute atomic E-state index is 13.6. The number of nitrogens with one attached hydrogen (secondary N) is 2. The van der Waals surface area contributed by atoms with Gasteiger partial charge in [0.15, 0.2) is 5.60 Å². The first-order chi connectivity index (χ1) is 27.3. The molecule has 0 fully saturated rings. The third kappa shape index (κ3) is 24.5. The zero-order valence-corrected chi connectivity index (χ0v) is 40.8. The summed E-state index contributed by atoms with van der Waals surface area (Å²) < 4.78 is 43.0. The van der Waals surface area contributed by atoms with Crippen molar-refractivity contribution in [2.45, 2.75) is 107 Å². The first kappa shape index (κ1) is 54.5. The Hall–Kier alpha value is -2.53. The molecule has 1 rings (SSSR count). The van der Waals surface area contributed by atoms with Gasteiger partial charge in [0.25, 0.3) is 0 Å². The fourth-order valence-electron chi connectivity index (χ4n) is 5.37. The first-order valence-corrected chi connectivity index (χ1v) is 26.7. The summed E-state index contributed by atoms with van der Waals surface area (Å²) in [5, 5.41) is 5.58. The molecule has 1 aromatic rings. The molecule has 0 radical (unpaired) electrons. The summed E-state index contributed by atoms with van der Waals surface area (Å²) in [6.45, 7) is 22.6. The number of sulfonamides is 1. The van der Waals surface area contributed by atoms with Gasteiger partial charge in [-0.3, -0.25) is 9.69 Å². The molecule has 0 aliphatic rings. The Morgan fingerprint density at radius 2 is 1.39 bits per heavy atom. The largest absolute Gasteiger partial charge is 0.497 e. The van der Waals surface area contributed by atoms with E-state index in [1.807, 2.05) is 24.3 Å². The second kappa shape index (κ2) is 26.1. The zero-order chi connectivity index (χ0) is 44.9. The van der Waals surface area contributed by atoms with E-state index >= 15 is 0 Å². The molecule has 0 atom stereocenters. The average Bonchev–Trinajstić information content (AvgIpc) is 3.11. The predicted octanol–water partition coefficient (Wildman–Crippen LogP) is 8.35. The van der Waals surface area contributed by atoms with Crippen molar-refractivity contribution in [3.8, 4) is 5.75 Å². The normalized spacial score (nSPS) is 12.8. The highest BCUT2D eigenvalue weighted by Crippen LogP contribution is 2.40. The molecule has 18 heteroatoms. The number of alkyl carbamates (subject to hydrolysis) is 1. The number of rotatable bonds is 27. The van der Waals surface area contributed by atoms with Gasteiger partial charge in [0.2, 0.25) is 19.7 Å². The molecule has 0 aliphatic carbocycles. The number of halogens is 3. The number of nitrogens with zero attached hydrogens (tertiary/aromatic N) is 3. The van der Waals surface area contributed by atoms with Crippen molar-refractivity contribution >= 4 is 77.1 Å². The third-order valence-corrected chi connectivity index (χ3v) is 14.3. The average molecular weight is 928 g/mol. The van der Waals surface area contributed by atoms with Crippen molar-refractivity contribution in [1.82, 2.24) is 24.7 Å². The van der Waals surface area contributed by atoms with E-state index in [1.165, 1.54) is 24.8 Å². The molecule has 3 amide bonds. The third-order valence-electron chi connectivity index (χ3n) is 8.91. The van der Waals surface area contributed by atoms with Crippen LogP contribution in [-0.2, 0) is 24.3 Å². The Morgan fingerprint density at radius 1 is 0.814 bits per heavy atom. The Labute approximate surface area is 370 Å². The lowest BCUT2D eigenvalue weighted by atomic mass is 10.2. The van der Waals surface area contributed by atoms with Crippen LogP contribution >= 0.6 is 34.8 Å². The van der Waals surface area contributed by atoms with Crippen LogP contribution in [-0.4, -0.2) is 135 Å². The van der Waals surface area contributed by atoms with Gasteiger partial charge in [0.05, 0.1) is 12.9 Å². The van der Waals surface area contributed by atoms with Crippen molar-refractivity contribution in [3.05, 3.63) is 48.6 Å². The van der Waals surface area contributed by atoms with Gasteiger partial charge in [-0.05, 0) is 103 Å². The molecule has 0 saturated carbocycles. The van der Waals surface area contributed by atoms with Gasteiger partial charge in [-0.15, -0.1) is 6.58 Å². The highest BCUT2D eigenvalue weighted by molar-refractivity contribution is 7.89. The van der Waals surface area contributed by atoms with Gasteiger partial charge in [-0.2, -0.15) is 0 Å². The zero-order valence-electron chi connectivity index (χ0n) is 36.7. The van der Waals surface area contributed by atoms with Crippen LogP contribution in [0.25, 0.3) is 6.08 Å². The van der Waals surface area contributed by atoms with Crippen molar-refractivity contribution in [3.63, 3.8) is 0 Å². The smallest absolute Gasteiger partial charge is 0.410 e. The van der Waals surface area contributed by atoms with E-state index in [2.05, 4.69) is 41.8 Å². The summed E-state index contributed by atoms with van der Waals surface area (Å²) in [6.07, 6.45) is 6.59. The number of unbranched alkanes of at least 4 members (excludes halogenated alkanes) is 1. The first-order valence-electron chi connectivity index (χ1n) is 20.2. The van der Waals surface area contributed by atoms with Crippen LogP contribution in [0, 0.1) is 0 Å². The maximum atomic E-state index is 13.6. The Balaban J connectivity index is 2.88. The standard InChI is InChI=1S/C41H70Cl3N5O8SSi/c1-11-25-47(27-16-31-49(58(53,54)32-33-59(8,9)10)30-13-12-23-46-37(51)56-39(2,3)4)26-15-29-48(38(52)57-40(5,6)41(42,43)44)28-14-24-45-36(50)22-19-34-17-20-35(55-7)21-18-34/h11,17-22H,1,12-16,23-33H2,2-10H3,(H,45,50)(H,46,51)/b22-19+. The van der Waals surface area contributed by atoms with Crippen LogP contribution in [0.3, 0.4) is 0 Å². The van der Waals surface area contributed by atoms with E-state index in [0.29, 0.717) is 90.5 Å². The van der Waals surface area contributed by atoms with Gasteiger partial charge in [0, 0.05) is 66.5 Å². The summed E-state index contributed by atoms with van der Waals surface area (Å²) >= 11 is 18.3. The van der Waals surface area contributed by atoms with Crippen molar-refractivity contribution in [2.75, 3.05) is 71.8 Å². The van der Waals surface area contributed by atoms with Crippen molar-refractivity contribution in [1.29, 1.82) is 0 Å². The molecule has 0 aliphatic heterocycles. The van der Waals surface area contributed by atoms with E-state index in [1.54, 1.807) is 44.3 Å². The van der Waals surface area contributed by atoms with E-state index in [9.17, 15) is 22.8 Å². The number of alkyl halides is 3. The molecule has 13 nitrogen and oxygen atoms in total. The van der Waals surface area contributed by atoms with Crippen LogP contribution in [0.1, 0.15) is 72.3 Å². The SMILES string of the molecule is C=CCN(CCCN(CCCNC(=O)/C=C/c1ccc(OC)cc1)C(=O)OC(C)(C)C(Cl)(Cl)Cl)CCCN(CCCCNC(=O)OC(C)(C)C)S(=O)(=O)CC[Si](C)(C)C. The molecule has 0 saturated heterocycles. The minimum absolute atomic E-state index is 0.111. The lowest BCUT2D eigenvalue weighted by Gasteiger charge is -2.34. The number of hydrogen-bond donors (Lipinski definition) is 2. The minimum atomic E-state index is -3.49. The van der Waals surface area contributed by atoms with Gasteiger partial charge in [-0.25, -0.2) is 22.3 Å². The Morgan fingerprint density at radius 3 is 1.95 bits per heavy atom. The van der Waals surface area contributed by atoms with Crippen LogP contribution < -0.4 is 15.4 Å². The summed E-state index contributed by atoms with van der Waals surface area (Å²) in [5.74, 6) is 0.559. The maximum Gasteiger partial charge on any atom is 0.410 e. The number of methoxy groups -OCH3 is 1. The molecular formula is C41H70Cl3N5O8SSi. The fraction of sp³-hybridized carbons (Fsp3) is 0.683. The molecule has 0 unspecified atom stereocenters. The van der Waals surface area contributed by atoms with E-state index < -0.39 is 45.3 Å². The van der Waals surface area contributed by atoms with Gasteiger partial charge < -0.3 is 29.7 Å². The molecule has 0 bridgehead atoms. The van der Waals surface area contributed by atoms with Gasteiger partial charge >= 0.3 is 12.2 Å². The number of ether oxygens (including phenoxy) is 3. The number of benzene rings is 1. The molecule has 0 aromatic heterocycles. The second-order valence-corrected chi connectivity index (χ2v) is 27.1. The van der Waals surface area contributed by atoms with E-state index in [4.69, 9.17) is 49.0 Å². The summed E-state index contributed by atoms with van der Waals surface area (Å²) in [5.41, 5.74) is -1.17. The molecule has 2 N–H and O–H groups in total. The van der Waals surface area contributed by atoms with E-state index in [0.717, 1.165) is 11.3 Å². The highest BCUT2D eigenvalue weighted by atomic mass is 35.6. The number of hydrogen-bond acceptors (Lipinski definition) is 9. The number of carbonyl (C=O) groups is 3. The van der Waals surface area contributed by atoms with Gasteiger partial charge in [-0.1, -0.05) is 72.7 Å². The number of carbonyl (C=O) groups excluding carboxylic acids is 3. The summed E-state index contributed by atoms with van der Waals surface area (Å²) in [7, 11) is -3.51. The Bertz CT molecular complexity index is 1580. The van der Waals surface area contributed by atoms with Crippen molar-refractivity contribution < 1.29 is 37.0 Å². The van der Waals surface area contributed by atoms with Gasteiger partial charge in [0.1, 0.15) is 11.4 Å². The van der Waals surface area contributed by atoms with E-state index in [-0.39, 0.29) is 18.2 Å². The lowest BCUT2D eigenvalue weighted by Crippen LogP contribution is -2.46. The highest BCUT2D eigenvalue weighted by Gasteiger charge is 2.44.